The molecule has 2 unspecified atom stereocenters. The number of aromatic hydroxyl groups is 1. The lowest BCUT2D eigenvalue weighted by Gasteiger charge is -2.34. The Hall–Kier alpha value is -3.27. The van der Waals surface area contributed by atoms with Gasteiger partial charge in [0.1, 0.15) is 29.9 Å². The van der Waals surface area contributed by atoms with E-state index in [0.717, 1.165) is 45.3 Å². The van der Waals surface area contributed by atoms with Gasteiger partial charge in [0.15, 0.2) is 5.82 Å². The van der Waals surface area contributed by atoms with E-state index in [9.17, 15) is 9.50 Å². The third kappa shape index (κ3) is 4.28. The van der Waals surface area contributed by atoms with E-state index in [2.05, 4.69) is 20.1 Å². The Kier molecular flexibility index (Phi) is 6.21. The Balaban J connectivity index is 1.26. The molecule has 10 heteroatoms. The molecule has 4 aliphatic heterocycles. The number of nitrogens with zero attached hydrogens (tertiary/aromatic N) is 4. The molecule has 42 heavy (non-hydrogen) atoms. The van der Waals surface area contributed by atoms with Crippen LogP contribution < -0.4 is 15.0 Å². The molecule has 0 amide bonds. The van der Waals surface area contributed by atoms with Gasteiger partial charge in [-0.1, -0.05) is 29.8 Å². The highest BCUT2D eigenvalue weighted by Gasteiger charge is 2.49. The third-order valence-corrected chi connectivity index (χ3v) is 10.0. The molecule has 4 fully saturated rings. The summed E-state index contributed by atoms with van der Waals surface area (Å²) in [6, 6.07) is 12.9. The first-order chi connectivity index (χ1) is 20.4. The van der Waals surface area contributed by atoms with Crippen LogP contribution in [-0.2, 0) is 0 Å². The number of nitrogens with one attached hydrogen (secondary N) is 1. The van der Waals surface area contributed by atoms with Crippen LogP contribution in [0.5, 0.6) is 11.8 Å². The number of rotatable bonds is 5. The molecule has 7 nitrogen and oxygen atoms in total. The van der Waals surface area contributed by atoms with Crippen LogP contribution in [0.4, 0.5) is 14.6 Å². The number of benzene rings is 3. The quantitative estimate of drug-likeness (QED) is 0.302. The van der Waals surface area contributed by atoms with Crippen molar-refractivity contribution >= 4 is 39.1 Å². The Morgan fingerprint density at radius 2 is 1.90 bits per heavy atom. The molecule has 3 aromatic carbocycles. The number of fused-ring (bicyclic) bond motifs is 5. The predicted octanol–water partition coefficient (Wildman–Crippen LogP) is 5.84. The minimum Gasteiger partial charge on any atom is -0.508 e. The van der Waals surface area contributed by atoms with Gasteiger partial charge in [-0.15, -0.1) is 0 Å². The van der Waals surface area contributed by atoms with Gasteiger partial charge in [0, 0.05) is 59.5 Å². The van der Waals surface area contributed by atoms with E-state index in [0.29, 0.717) is 57.6 Å². The lowest BCUT2D eigenvalue weighted by Crippen LogP contribution is -2.51. The number of phenolic OH excluding ortho intramolecular Hbond substituents is 1. The van der Waals surface area contributed by atoms with Gasteiger partial charge in [0.25, 0.3) is 0 Å². The average Bonchev–Trinajstić information content (AvgIpc) is 3.61. The first-order valence-electron chi connectivity index (χ1n) is 14.8. The molecule has 4 atom stereocenters. The molecule has 4 saturated heterocycles. The molecule has 4 aromatic rings. The van der Waals surface area contributed by atoms with Gasteiger partial charge in [-0.3, -0.25) is 4.90 Å². The molecule has 0 spiro atoms. The summed E-state index contributed by atoms with van der Waals surface area (Å²) in [5.74, 6) is 0.135. The summed E-state index contributed by atoms with van der Waals surface area (Å²) >= 11 is 6.58. The van der Waals surface area contributed by atoms with Crippen LogP contribution in [0.3, 0.4) is 0 Å². The zero-order chi connectivity index (χ0) is 28.6. The van der Waals surface area contributed by atoms with E-state index >= 15 is 4.39 Å². The number of ether oxygens (including phenoxy) is 1. The van der Waals surface area contributed by atoms with Gasteiger partial charge in [0.2, 0.25) is 0 Å². The number of alkyl halides is 1. The Labute approximate surface area is 247 Å². The molecule has 4 aliphatic rings. The van der Waals surface area contributed by atoms with Crippen molar-refractivity contribution in [2.45, 2.75) is 55.9 Å². The molecule has 0 saturated carbocycles. The smallest absolute Gasteiger partial charge is 0.319 e. The van der Waals surface area contributed by atoms with Crippen molar-refractivity contribution in [3.8, 4) is 22.9 Å². The zero-order valence-corrected chi connectivity index (χ0v) is 23.9. The lowest BCUT2D eigenvalue weighted by atomic mass is 9.95. The fourth-order valence-electron chi connectivity index (χ4n) is 7.84. The maximum atomic E-state index is 16.7. The average molecular weight is 592 g/mol. The van der Waals surface area contributed by atoms with Crippen LogP contribution in [0.25, 0.3) is 32.8 Å². The van der Waals surface area contributed by atoms with Crippen molar-refractivity contribution in [3.05, 3.63) is 53.3 Å². The van der Waals surface area contributed by atoms with E-state index in [4.69, 9.17) is 21.3 Å². The van der Waals surface area contributed by atoms with E-state index in [1.807, 2.05) is 12.1 Å². The lowest BCUT2D eigenvalue weighted by molar-refractivity contribution is 0.107. The maximum absolute atomic E-state index is 16.7. The monoisotopic (exact) mass is 591 g/mol. The van der Waals surface area contributed by atoms with Crippen LogP contribution in [0.2, 0.25) is 5.02 Å². The van der Waals surface area contributed by atoms with Gasteiger partial charge in [-0.25, -0.2) is 8.78 Å². The van der Waals surface area contributed by atoms with E-state index in [1.54, 1.807) is 24.3 Å². The number of phenols is 1. The number of anilines is 1. The summed E-state index contributed by atoms with van der Waals surface area (Å²) in [5.41, 5.74) is 0.545. The highest BCUT2D eigenvalue weighted by Crippen LogP contribution is 2.43. The minimum absolute atomic E-state index is 0.0195. The minimum atomic E-state index is -0.873. The fraction of sp³-hybridized carbons (Fsp3) is 0.438. The van der Waals surface area contributed by atoms with Crippen LogP contribution in [0, 0.1) is 5.82 Å². The molecule has 5 heterocycles. The summed E-state index contributed by atoms with van der Waals surface area (Å²) in [5, 5.41) is 16.6. The van der Waals surface area contributed by atoms with Crippen molar-refractivity contribution in [1.82, 2.24) is 20.2 Å². The molecule has 1 aromatic heterocycles. The number of aromatic nitrogens is 2. The second-order valence-electron chi connectivity index (χ2n) is 12.4. The maximum Gasteiger partial charge on any atom is 0.319 e. The van der Waals surface area contributed by atoms with Crippen LogP contribution >= 0.6 is 11.6 Å². The van der Waals surface area contributed by atoms with Crippen LogP contribution in [-0.4, -0.2) is 76.6 Å². The Bertz CT molecular complexity index is 1710. The second-order valence-corrected chi connectivity index (χ2v) is 12.8. The molecule has 218 valence electrons. The van der Waals surface area contributed by atoms with Crippen molar-refractivity contribution in [1.29, 1.82) is 0 Å². The highest BCUT2D eigenvalue weighted by atomic mass is 35.5. The predicted molar refractivity (Wildman–Crippen MR) is 160 cm³/mol. The normalized spacial score (nSPS) is 27.3. The van der Waals surface area contributed by atoms with Gasteiger partial charge in [-0.05, 0) is 67.4 Å². The van der Waals surface area contributed by atoms with Gasteiger partial charge < -0.3 is 20.1 Å². The molecule has 8 rings (SSSR count). The van der Waals surface area contributed by atoms with Crippen molar-refractivity contribution < 1.29 is 18.6 Å². The molecule has 2 bridgehead atoms. The highest BCUT2D eigenvalue weighted by molar-refractivity contribution is 6.36. The zero-order valence-electron chi connectivity index (χ0n) is 23.1. The fourth-order valence-corrected chi connectivity index (χ4v) is 8.12. The third-order valence-electron chi connectivity index (χ3n) is 9.71. The van der Waals surface area contributed by atoms with Crippen LogP contribution in [0.15, 0.2) is 42.5 Å². The Morgan fingerprint density at radius 1 is 1.07 bits per heavy atom. The number of piperazine rings is 1. The van der Waals surface area contributed by atoms with Crippen LogP contribution in [0.1, 0.15) is 32.1 Å². The van der Waals surface area contributed by atoms with Crippen molar-refractivity contribution in [2.24, 2.45) is 0 Å². The molecule has 0 radical (unpaired) electrons. The number of halogens is 3. The first-order valence-corrected chi connectivity index (χ1v) is 15.2. The number of hydrogen-bond acceptors (Lipinski definition) is 7. The summed E-state index contributed by atoms with van der Waals surface area (Å²) in [7, 11) is 0. The summed E-state index contributed by atoms with van der Waals surface area (Å²) in [4.78, 5) is 13.9. The van der Waals surface area contributed by atoms with E-state index in [1.165, 1.54) is 6.07 Å². The summed E-state index contributed by atoms with van der Waals surface area (Å²) in [6.45, 7) is 3.07. The van der Waals surface area contributed by atoms with Gasteiger partial charge in [0.05, 0.1) is 5.54 Å². The van der Waals surface area contributed by atoms with Gasteiger partial charge in [-0.2, -0.15) is 9.97 Å². The van der Waals surface area contributed by atoms with E-state index < -0.39 is 12.0 Å². The van der Waals surface area contributed by atoms with E-state index in [-0.39, 0.29) is 35.0 Å². The van der Waals surface area contributed by atoms with Gasteiger partial charge >= 0.3 is 6.01 Å². The SMILES string of the molecule is Oc1cc(-c2ccc3c(N4CC5CCC(C4)N5)nc(OC[C@@]45CCCN4C[C@H](F)C5)nc3c2F)c2c(Cl)cccc2c1. The summed E-state index contributed by atoms with van der Waals surface area (Å²) < 4.78 is 37.4. The molecule has 2 N–H and O–H groups in total. The van der Waals surface area contributed by atoms with Crippen molar-refractivity contribution in [3.63, 3.8) is 0 Å². The molecule has 0 aliphatic carbocycles. The standard InChI is InChI=1S/C32H32ClF2N5O2/c33-26-4-1-3-18-11-22(41)12-25(27(18)26)23-7-8-24-29(28(23)35)37-31(38-30(24)39-15-20-5-6-21(16-39)36-20)42-17-32-9-2-10-40(32)14-19(34)13-32/h1,3-4,7-8,11-12,19-21,36,41H,2,5-6,9-10,13-17H2/t19-,20?,21?,32+/m1/s1. The Morgan fingerprint density at radius 3 is 2.74 bits per heavy atom. The largest absolute Gasteiger partial charge is 0.508 e. The topological polar surface area (TPSA) is 73.8 Å². The number of hydrogen-bond donors (Lipinski definition) is 2. The second kappa shape index (κ2) is 9.89. The summed E-state index contributed by atoms with van der Waals surface area (Å²) in [6.07, 6.45) is 3.61. The molecular formula is C32H32ClF2N5O2. The first kappa shape index (κ1) is 26.4. The van der Waals surface area contributed by atoms with Crippen molar-refractivity contribution in [2.75, 3.05) is 37.7 Å². The molecular weight excluding hydrogens is 560 g/mol.